The molecule has 1 saturated heterocycles. The Morgan fingerprint density at radius 1 is 1.53 bits per heavy atom. The average Bonchev–Trinajstić information content (AvgIpc) is 2.81. The van der Waals surface area contributed by atoms with Crippen LogP contribution in [0.4, 0.5) is 5.69 Å². The summed E-state index contributed by atoms with van der Waals surface area (Å²) in [5, 5.41) is 3.57. The zero-order valence-corrected chi connectivity index (χ0v) is 10.9. The number of aromatic nitrogens is 1. The fourth-order valence-corrected chi connectivity index (χ4v) is 2.50. The highest BCUT2D eigenvalue weighted by molar-refractivity contribution is 5.46. The molecular weight excluding hydrogens is 210 g/mol. The molecular formula is C14H23N3. The molecule has 94 valence electrons. The second-order valence-corrected chi connectivity index (χ2v) is 4.89. The minimum Gasteiger partial charge on any atom is -0.370 e. The van der Waals surface area contributed by atoms with Gasteiger partial charge in [0.1, 0.15) is 0 Å². The van der Waals surface area contributed by atoms with E-state index in [-0.39, 0.29) is 0 Å². The Kier molecular flexibility index (Phi) is 4.37. The van der Waals surface area contributed by atoms with E-state index in [0.717, 1.165) is 18.8 Å². The summed E-state index contributed by atoms with van der Waals surface area (Å²) in [5.41, 5.74) is 2.41. The third kappa shape index (κ3) is 3.43. The minimum atomic E-state index is 0.662. The van der Waals surface area contributed by atoms with Gasteiger partial charge in [0.15, 0.2) is 0 Å². The molecule has 2 heterocycles. The first kappa shape index (κ1) is 12.4. The Bertz CT molecular complexity index is 345. The first-order chi connectivity index (χ1) is 8.29. The van der Waals surface area contributed by atoms with Gasteiger partial charge in [-0.2, -0.15) is 0 Å². The van der Waals surface area contributed by atoms with Crippen LogP contribution in [0, 0.1) is 6.92 Å². The highest BCUT2D eigenvalue weighted by Crippen LogP contribution is 2.17. The maximum absolute atomic E-state index is 4.27. The first-order valence-electron chi connectivity index (χ1n) is 6.70. The summed E-state index contributed by atoms with van der Waals surface area (Å²) >= 11 is 0. The van der Waals surface area contributed by atoms with Crippen LogP contribution >= 0.6 is 0 Å². The number of pyridine rings is 1. The van der Waals surface area contributed by atoms with Crippen LogP contribution in [0.3, 0.4) is 0 Å². The van der Waals surface area contributed by atoms with Gasteiger partial charge < -0.3 is 10.2 Å². The van der Waals surface area contributed by atoms with Gasteiger partial charge in [-0.3, -0.25) is 4.98 Å². The zero-order chi connectivity index (χ0) is 12.1. The number of nitrogens with zero attached hydrogens (tertiary/aromatic N) is 2. The highest BCUT2D eigenvalue weighted by Gasteiger charge is 2.17. The van der Waals surface area contributed by atoms with Gasteiger partial charge in [-0.1, -0.05) is 6.92 Å². The van der Waals surface area contributed by atoms with E-state index < -0.39 is 0 Å². The lowest BCUT2D eigenvalue weighted by Crippen LogP contribution is -2.38. The lowest BCUT2D eigenvalue weighted by Gasteiger charge is -2.27. The summed E-state index contributed by atoms with van der Waals surface area (Å²) in [6.45, 7) is 7.73. The van der Waals surface area contributed by atoms with E-state index >= 15 is 0 Å². The average molecular weight is 233 g/mol. The van der Waals surface area contributed by atoms with Crippen LogP contribution in [0.25, 0.3) is 0 Å². The Morgan fingerprint density at radius 3 is 3.06 bits per heavy atom. The van der Waals surface area contributed by atoms with Crippen molar-refractivity contribution in [2.24, 2.45) is 0 Å². The summed E-state index contributed by atoms with van der Waals surface area (Å²) in [4.78, 5) is 6.76. The molecule has 0 bridgehead atoms. The summed E-state index contributed by atoms with van der Waals surface area (Å²) in [6, 6.07) is 4.97. The van der Waals surface area contributed by atoms with Gasteiger partial charge in [0, 0.05) is 36.7 Å². The molecule has 3 heteroatoms. The van der Waals surface area contributed by atoms with Gasteiger partial charge in [-0.25, -0.2) is 0 Å². The van der Waals surface area contributed by atoms with Crippen LogP contribution < -0.4 is 10.2 Å². The van der Waals surface area contributed by atoms with E-state index in [4.69, 9.17) is 0 Å². The van der Waals surface area contributed by atoms with Crippen molar-refractivity contribution in [3.63, 3.8) is 0 Å². The van der Waals surface area contributed by atoms with Crippen LogP contribution in [0.15, 0.2) is 18.3 Å². The highest BCUT2D eigenvalue weighted by atomic mass is 15.2. The van der Waals surface area contributed by atoms with E-state index in [2.05, 4.69) is 41.2 Å². The smallest absolute Gasteiger partial charge is 0.0400 e. The molecule has 0 spiro atoms. The predicted molar refractivity (Wildman–Crippen MR) is 72.5 cm³/mol. The van der Waals surface area contributed by atoms with Crippen LogP contribution in [0.5, 0.6) is 0 Å². The molecule has 1 atom stereocenters. The van der Waals surface area contributed by atoms with Crippen molar-refractivity contribution >= 4 is 5.69 Å². The summed E-state index contributed by atoms with van der Waals surface area (Å²) in [7, 11) is 0. The molecule has 0 aromatic carbocycles. The number of nitrogens with one attached hydrogen (secondary N) is 1. The molecule has 2 rings (SSSR count). The second-order valence-electron chi connectivity index (χ2n) is 4.89. The predicted octanol–water partition coefficient (Wildman–Crippen LogP) is 2.36. The molecule has 0 radical (unpaired) electrons. The third-order valence-corrected chi connectivity index (χ3v) is 3.34. The van der Waals surface area contributed by atoms with Gasteiger partial charge in [-0.15, -0.1) is 0 Å². The van der Waals surface area contributed by atoms with Crippen LogP contribution in [0.1, 0.15) is 31.9 Å². The molecule has 17 heavy (non-hydrogen) atoms. The van der Waals surface area contributed by atoms with E-state index in [9.17, 15) is 0 Å². The normalized spacial score (nSPS) is 19.5. The summed E-state index contributed by atoms with van der Waals surface area (Å²) in [5.74, 6) is 0. The standard InChI is InChI=1S/C14H23N3/c1-3-9-17(11-13-5-4-7-16-13)14-6-8-15-12(2)10-14/h6,8,10,13,16H,3-5,7,9,11H2,1-2H3. The summed E-state index contributed by atoms with van der Waals surface area (Å²) < 4.78 is 0. The van der Waals surface area contributed by atoms with Crippen molar-refractivity contribution in [3.8, 4) is 0 Å². The fourth-order valence-electron chi connectivity index (χ4n) is 2.50. The molecule has 1 aliphatic rings. The number of hydrogen-bond acceptors (Lipinski definition) is 3. The molecule has 0 saturated carbocycles. The summed E-state index contributed by atoms with van der Waals surface area (Å²) in [6.07, 6.45) is 5.73. The quantitative estimate of drug-likeness (QED) is 0.846. The van der Waals surface area contributed by atoms with Gasteiger partial charge in [0.2, 0.25) is 0 Å². The molecule has 1 aliphatic heterocycles. The molecule has 1 fully saturated rings. The van der Waals surface area contributed by atoms with Crippen molar-refractivity contribution in [3.05, 3.63) is 24.0 Å². The van der Waals surface area contributed by atoms with Gasteiger partial charge >= 0.3 is 0 Å². The SMILES string of the molecule is CCCN(CC1CCCN1)c1ccnc(C)c1. The monoisotopic (exact) mass is 233 g/mol. The number of aryl methyl sites for hydroxylation is 1. The lowest BCUT2D eigenvalue weighted by molar-refractivity contribution is 0.578. The van der Waals surface area contributed by atoms with Crippen LogP contribution in [-0.2, 0) is 0 Å². The van der Waals surface area contributed by atoms with Crippen molar-refractivity contribution < 1.29 is 0 Å². The second kappa shape index (κ2) is 6.01. The van der Waals surface area contributed by atoms with Crippen molar-refractivity contribution in [1.29, 1.82) is 0 Å². The molecule has 0 amide bonds. The number of anilines is 1. The zero-order valence-electron chi connectivity index (χ0n) is 10.9. The topological polar surface area (TPSA) is 28.2 Å². The van der Waals surface area contributed by atoms with Crippen LogP contribution in [0.2, 0.25) is 0 Å². The van der Waals surface area contributed by atoms with Gasteiger partial charge in [-0.05, 0) is 44.9 Å². The van der Waals surface area contributed by atoms with Crippen LogP contribution in [-0.4, -0.2) is 30.7 Å². The van der Waals surface area contributed by atoms with Crippen molar-refractivity contribution in [2.45, 2.75) is 39.2 Å². The van der Waals surface area contributed by atoms with E-state index in [0.29, 0.717) is 6.04 Å². The van der Waals surface area contributed by atoms with E-state index in [1.54, 1.807) is 0 Å². The molecule has 1 N–H and O–H groups in total. The van der Waals surface area contributed by atoms with Gasteiger partial charge in [0.05, 0.1) is 0 Å². The molecule has 3 nitrogen and oxygen atoms in total. The molecule has 0 aliphatic carbocycles. The third-order valence-electron chi connectivity index (χ3n) is 3.34. The Balaban J connectivity index is 2.04. The Labute approximate surface area is 104 Å². The first-order valence-corrected chi connectivity index (χ1v) is 6.70. The molecule has 1 aromatic heterocycles. The Morgan fingerprint density at radius 2 is 2.41 bits per heavy atom. The van der Waals surface area contributed by atoms with Gasteiger partial charge in [0.25, 0.3) is 0 Å². The minimum absolute atomic E-state index is 0.662. The lowest BCUT2D eigenvalue weighted by atomic mass is 10.2. The van der Waals surface area contributed by atoms with Crippen molar-refractivity contribution in [1.82, 2.24) is 10.3 Å². The fraction of sp³-hybridized carbons (Fsp3) is 0.643. The Hall–Kier alpha value is -1.09. The van der Waals surface area contributed by atoms with Crippen molar-refractivity contribution in [2.75, 3.05) is 24.5 Å². The largest absolute Gasteiger partial charge is 0.370 e. The van der Waals surface area contributed by atoms with E-state index in [1.807, 2.05) is 6.20 Å². The molecule has 1 unspecified atom stereocenters. The maximum Gasteiger partial charge on any atom is 0.0400 e. The number of hydrogen-bond donors (Lipinski definition) is 1. The number of rotatable bonds is 5. The molecule has 1 aromatic rings. The van der Waals surface area contributed by atoms with E-state index in [1.165, 1.54) is 31.5 Å². The maximum atomic E-state index is 4.27.